The second kappa shape index (κ2) is 4.41. The minimum atomic E-state index is -0.0394. The molecule has 1 saturated heterocycles. The van der Waals surface area contributed by atoms with E-state index in [9.17, 15) is 9.59 Å². The van der Waals surface area contributed by atoms with Crippen molar-refractivity contribution in [3.8, 4) is 0 Å². The highest BCUT2D eigenvalue weighted by atomic mass is 16.6. The van der Waals surface area contributed by atoms with Crippen molar-refractivity contribution < 1.29 is 14.3 Å². The number of fused-ring (bicyclic) bond motifs is 3. The number of allylic oxidation sites excluding steroid dienone is 1. The number of carbonyl (C=O) groups is 2. The van der Waals surface area contributed by atoms with E-state index >= 15 is 0 Å². The molecule has 0 aromatic rings. The van der Waals surface area contributed by atoms with Crippen LogP contribution in [0.4, 0.5) is 0 Å². The maximum absolute atomic E-state index is 12.3. The molecule has 24 heavy (non-hydrogen) atoms. The van der Waals surface area contributed by atoms with Crippen LogP contribution < -0.4 is 0 Å². The van der Waals surface area contributed by atoms with E-state index < -0.39 is 0 Å². The molecule has 4 fully saturated rings. The van der Waals surface area contributed by atoms with Crippen LogP contribution in [0.5, 0.6) is 0 Å². The van der Waals surface area contributed by atoms with E-state index in [-0.39, 0.29) is 22.3 Å². The molecular formula is C21H28O3. The van der Waals surface area contributed by atoms with Gasteiger partial charge in [-0.1, -0.05) is 19.4 Å². The van der Waals surface area contributed by atoms with Crippen molar-refractivity contribution in [1.29, 1.82) is 0 Å². The van der Waals surface area contributed by atoms with Crippen LogP contribution in [0.15, 0.2) is 11.6 Å². The minimum Gasteiger partial charge on any atom is -0.365 e. The van der Waals surface area contributed by atoms with Crippen molar-refractivity contribution in [1.82, 2.24) is 0 Å². The maximum Gasteiger partial charge on any atom is 0.155 e. The van der Waals surface area contributed by atoms with E-state index in [1.165, 1.54) is 12.0 Å². The Bertz CT molecular complexity index is 679. The fraction of sp³-hybridized carbons (Fsp3) is 0.810. The van der Waals surface area contributed by atoms with E-state index in [2.05, 4.69) is 13.8 Å². The summed E-state index contributed by atoms with van der Waals surface area (Å²) in [5.74, 6) is 2.06. The number of epoxide rings is 1. The van der Waals surface area contributed by atoms with E-state index in [0.29, 0.717) is 35.9 Å². The van der Waals surface area contributed by atoms with E-state index in [0.717, 1.165) is 32.1 Å². The molecule has 0 aromatic heterocycles. The lowest BCUT2D eigenvalue weighted by Gasteiger charge is -2.58. The molecule has 1 aliphatic heterocycles. The molecule has 130 valence electrons. The Balaban J connectivity index is 1.55. The van der Waals surface area contributed by atoms with Crippen LogP contribution in [-0.4, -0.2) is 23.3 Å². The number of carbonyl (C=O) groups excluding carboxylic acids is 2. The molecule has 0 aromatic carbocycles. The molecule has 4 aliphatic carbocycles. The number of Topliss-reactive ketones (excluding diaryl/α,β-unsaturated/α-hetero) is 1. The SMILES string of the molecule is CC(=O)[C@H]1C[C@@H]2O[C@@]23[C@@H]2CCC4=CC(=O)CC[C@]4(C)[C@H]2CC[C@]13C. The van der Waals surface area contributed by atoms with Crippen molar-refractivity contribution >= 4 is 11.6 Å². The molecule has 1 spiro atoms. The first-order valence-corrected chi connectivity index (χ1v) is 9.75. The van der Waals surface area contributed by atoms with E-state index in [1.807, 2.05) is 6.08 Å². The smallest absolute Gasteiger partial charge is 0.155 e. The summed E-state index contributed by atoms with van der Waals surface area (Å²) in [4.78, 5) is 24.2. The zero-order chi connectivity index (χ0) is 16.9. The number of hydrogen-bond acceptors (Lipinski definition) is 3. The third-order valence-corrected chi connectivity index (χ3v) is 8.87. The maximum atomic E-state index is 12.3. The van der Waals surface area contributed by atoms with Gasteiger partial charge in [0, 0.05) is 17.8 Å². The summed E-state index contributed by atoms with van der Waals surface area (Å²) in [5, 5.41) is 0. The van der Waals surface area contributed by atoms with Crippen molar-refractivity contribution in [3.05, 3.63) is 11.6 Å². The molecule has 0 unspecified atom stereocenters. The van der Waals surface area contributed by atoms with Crippen LogP contribution in [0, 0.1) is 28.6 Å². The van der Waals surface area contributed by atoms with Gasteiger partial charge < -0.3 is 4.74 Å². The summed E-state index contributed by atoms with van der Waals surface area (Å²) in [6.45, 7) is 6.51. The first kappa shape index (κ1) is 15.3. The fourth-order valence-corrected chi connectivity index (χ4v) is 7.61. The zero-order valence-electron chi connectivity index (χ0n) is 15.1. The molecule has 3 saturated carbocycles. The van der Waals surface area contributed by atoms with Crippen LogP contribution in [0.1, 0.15) is 65.7 Å². The Morgan fingerprint density at radius 2 is 1.96 bits per heavy atom. The molecule has 5 rings (SSSR count). The molecule has 0 N–H and O–H groups in total. The molecule has 5 aliphatic rings. The lowest BCUT2D eigenvalue weighted by Crippen LogP contribution is -2.57. The lowest BCUT2D eigenvalue weighted by molar-refractivity contribution is -0.136. The van der Waals surface area contributed by atoms with E-state index in [4.69, 9.17) is 4.74 Å². The first-order chi connectivity index (χ1) is 11.3. The topological polar surface area (TPSA) is 46.7 Å². The Morgan fingerprint density at radius 1 is 1.17 bits per heavy atom. The van der Waals surface area contributed by atoms with Gasteiger partial charge >= 0.3 is 0 Å². The van der Waals surface area contributed by atoms with Gasteiger partial charge in [0.25, 0.3) is 0 Å². The Labute approximate surface area is 144 Å². The molecule has 3 nitrogen and oxygen atoms in total. The molecule has 7 atom stereocenters. The van der Waals surface area contributed by atoms with Crippen molar-refractivity contribution in [2.45, 2.75) is 77.4 Å². The predicted molar refractivity (Wildman–Crippen MR) is 90.4 cm³/mol. The van der Waals surface area contributed by atoms with Crippen LogP contribution >= 0.6 is 0 Å². The number of rotatable bonds is 1. The van der Waals surface area contributed by atoms with Gasteiger partial charge in [0.15, 0.2) is 5.78 Å². The summed E-state index contributed by atoms with van der Waals surface area (Å²) in [6, 6.07) is 0. The minimum absolute atomic E-state index is 0.0345. The lowest BCUT2D eigenvalue weighted by atomic mass is 9.46. The van der Waals surface area contributed by atoms with Gasteiger partial charge in [0.1, 0.15) is 11.4 Å². The van der Waals surface area contributed by atoms with E-state index in [1.54, 1.807) is 6.92 Å². The summed E-state index contributed by atoms with van der Waals surface area (Å²) >= 11 is 0. The highest BCUT2D eigenvalue weighted by molar-refractivity contribution is 5.91. The summed E-state index contributed by atoms with van der Waals surface area (Å²) in [7, 11) is 0. The zero-order valence-corrected chi connectivity index (χ0v) is 15.1. The van der Waals surface area contributed by atoms with Gasteiger partial charge in [0.05, 0.1) is 6.10 Å². The van der Waals surface area contributed by atoms with Crippen LogP contribution in [-0.2, 0) is 14.3 Å². The predicted octanol–water partition coefficient (Wildman–Crippen LogP) is 3.85. The normalized spacial score (nSPS) is 55.0. The van der Waals surface area contributed by atoms with Gasteiger partial charge in [-0.3, -0.25) is 9.59 Å². The quantitative estimate of drug-likeness (QED) is 0.687. The van der Waals surface area contributed by atoms with Crippen molar-refractivity contribution in [3.63, 3.8) is 0 Å². The van der Waals surface area contributed by atoms with Gasteiger partial charge in [-0.05, 0) is 68.8 Å². The molecule has 0 bridgehead atoms. The van der Waals surface area contributed by atoms with Crippen LogP contribution in [0.25, 0.3) is 0 Å². The average Bonchev–Trinajstić information content (AvgIpc) is 3.18. The second-order valence-corrected chi connectivity index (χ2v) is 9.56. The number of ketones is 2. The molecule has 3 heteroatoms. The highest BCUT2D eigenvalue weighted by Gasteiger charge is 2.80. The summed E-state index contributed by atoms with van der Waals surface area (Å²) in [5.41, 5.74) is 1.57. The van der Waals surface area contributed by atoms with Crippen LogP contribution in [0.2, 0.25) is 0 Å². The number of hydrogen-bond donors (Lipinski definition) is 0. The van der Waals surface area contributed by atoms with Gasteiger partial charge in [0.2, 0.25) is 0 Å². The standard InChI is InChI=1S/C21H28O3/c1-12(22)17-11-18-21(24-18)16-5-4-13-10-14(23)6-8-19(13,2)15(16)7-9-20(17,21)3/h10,15-18H,4-9,11H2,1-3H3/t15-,16+,17+,18-,19-,20+,21-/m0/s1. The Morgan fingerprint density at radius 3 is 2.71 bits per heavy atom. The largest absolute Gasteiger partial charge is 0.365 e. The van der Waals surface area contributed by atoms with Gasteiger partial charge in [-0.2, -0.15) is 0 Å². The first-order valence-electron chi connectivity index (χ1n) is 9.75. The number of ether oxygens (including phenoxy) is 1. The average molecular weight is 328 g/mol. The molecule has 0 amide bonds. The molecule has 1 heterocycles. The Kier molecular flexibility index (Phi) is 2.81. The van der Waals surface area contributed by atoms with Crippen molar-refractivity contribution in [2.24, 2.45) is 28.6 Å². The monoisotopic (exact) mass is 328 g/mol. The third-order valence-electron chi connectivity index (χ3n) is 8.87. The molecule has 0 radical (unpaired) electrons. The fourth-order valence-electron chi connectivity index (χ4n) is 7.61. The molecular weight excluding hydrogens is 300 g/mol. The Hall–Kier alpha value is -0.960. The summed E-state index contributed by atoms with van der Waals surface area (Å²) in [6.07, 6.45) is 9.38. The van der Waals surface area contributed by atoms with Crippen LogP contribution in [0.3, 0.4) is 0 Å². The highest BCUT2D eigenvalue weighted by Crippen LogP contribution is 2.76. The van der Waals surface area contributed by atoms with Gasteiger partial charge in [-0.15, -0.1) is 0 Å². The second-order valence-electron chi connectivity index (χ2n) is 9.56. The third kappa shape index (κ3) is 1.54. The van der Waals surface area contributed by atoms with Crippen molar-refractivity contribution in [2.75, 3.05) is 0 Å². The summed E-state index contributed by atoms with van der Waals surface area (Å²) < 4.78 is 6.40. The van der Waals surface area contributed by atoms with Gasteiger partial charge in [-0.25, -0.2) is 0 Å².